The molecule has 0 amide bonds. The second-order valence-corrected chi connectivity index (χ2v) is 10.3. The first kappa shape index (κ1) is 17.8. The standard InChI is InChI=1S/C22H18S4/c1-3-5-15-7-9-17(23-15)19-11-13-21(25-19)22-14-12-20(26-22)18-10-8-16(24-18)6-4-2/h7-14H,3,5H2,1-2H3. The molecule has 0 unspecified atom stereocenters. The molecule has 0 radical (unpaired) electrons. The van der Waals surface area contributed by atoms with Crippen LogP contribution in [-0.4, -0.2) is 0 Å². The number of thiophene rings is 4. The first-order valence-electron chi connectivity index (χ1n) is 8.59. The maximum Gasteiger partial charge on any atom is 0.0775 e. The van der Waals surface area contributed by atoms with Gasteiger partial charge in [-0.2, -0.15) is 0 Å². The van der Waals surface area contributed by atoms with E-state index < -0.39 is 0 Å². The molecule has 0 bridgehead atoms. The molecule has 4 heterocycles. The van der Waals surface area contributed by atoms with Gasteiger partial charge in [-0.3, -0.25) is 0 Å². The number of hydrogen-bond acceptors (Lipinski definition) is 4. The monoisotopic (exact) mass is 410 g/mol. The molecule has 4 aromatic heterocycles. The maximum atomic E-state index is 3.14. The second kappa shape index (κ2) is 7.94. The second-order valence-electron chi connectivity index (χ2n) is 5.88. The molecule has 4 aromatic rings. The summed E-state index contributed by atoms with van der Waals surface area (Å²) in [7, 11) is 0. The first-order chi connectivity index (χ1) is 12.8. The third kappa shape index (κ3) is 3.72. The minimum atomic E-state index is 1.14. The molecule has 130 valence electrons. The van der Waals surface area contributed by atoms with Gasteiger partial charge in [-0.1, -0.05) is 19.3 Å². The smallest absolute Gasteiger partial charge is 0.0775 e. The highest BCUT2D eigenvalue weighted by Crippen LogP contribution is 2.42. The Labute approximate surface area is 170 Å². The van der Waals surface area contributed by atoms with E-state index in [0.29, 0.717) is 0 Å². The SMILES string of the molecule is CC#Cc1ccc(-c2ccc(-c3ccc(-c4ccc(CCC)s4)s3)s2)s1. The highest BCUT2D eigenvalue weighted by Gasteiger charge is 2.11. The average Bonchev–Trinajstić information content (AvgIpc) is 3.41. The van der Waals surface area contributed by atoms with Crippen molar-refractivity contribution >= 4 is 45.3 Å². The summed E-state index contributed by atoms with van der Waals surface area (Å²) >= 11 is 7.46. The van der Waals surface area contributed by atoms with Crippen LogP contribution in [0.5, 0.6) is 0 Å². The van der Waals surface area contributed by atoms with Crippen LogP contribution >= 0.6 is 45.3 Å². The summed E-state index contributed by atoms with van der Waals surface area (Å²) in [4.78, 5) is 10.7. The minimum Gasteiger partial charge on any atom is -0.139 e. The van der Waals surface area contributed by atoms with Gasteiger partial charge in [0.1, 0.15) is 0 Å². The Kier molecular flexibility index (Phi) is 5.42. The molecule has 4 rings (SSSR count). The Morgan fingerprint density at radius 3 is 1.73 bits per heavy atom. The molecule has 0 spiro atoms. The van der Waals surface area contributed by atoms with Crippen LogP contribution in [0.3, 0.4) is 0 Å². The van der Waals surface area contributed by atoms with E-state index in [-0.39, 0.29) is 0 Å². The largest absolute Gasteiger partial charge is 0.139 e. The number of rotatable bonds is 5. The molecule has 0 aromatic carbocycles. The van der Waals surface area contributed by atoms with Crippen LogP contribution in [0.4, 0.5) is 0 Å². The molecule has 0 aliphatic rings. The maximum absolute atomic E-state index is 3.14. The van der Waals surface area contributed by atoms with E-state index in [1.165, 1.54) is 47.0 Å². The van der Waals surface area contributed by atoms with Gasteiger partial charge in [0.05, 0.1) is 4.88 Å². The van der Waals surface area contributed by atoms with Crippen molar-refractivity contribution in [1.82, 2.24) is 0 Å². The topological polar surface area (TPSA) is 0 Å². The first-order valence-corrected chi connectivity index (χ1v) is 11.9. The van der Waals surface area contributed by atoms with E-state index >= 15 is 0 Å². The van der Waals surface area contributed by atoms with Gasteiger partial charge in [-0.25, -0.2) is 0 Å². The van der Waals surface area contributed by atoms with Gasteiger partial charge in [0, 0.05) is 34.1 Å². The molecule has 0 atom stereocenters. The van der Waals surface area contributed by atoms with Crippen molar-refractivity contribution in [1.29, 1.82) is 0 Å². The molecule has 4 heteroatoms. The van der Waals surface area contributed by atoms with Crippen LogP contribution < -0.4 is 0 Å². The van der Waals surface area contributed by atoms with Crippen LogP contribution in [0.1, 0.15) is 30.0 Å². The number of aryl methyl sites for hydroxylation is 1. The van der Waals surface area contributed by atoms with Crippen LogP contribution in [0.25, 0.3) is 29.3 Å². The van der Waals surface area contributed by atoms with E-state index in [1.807, 2.05) is 40.9 Å². The summed E-state index contributed by atoms with van der Waals surface area (Å²) in [6.07, 6.45) is 2.39. The molecule has 0 saturated carbocycles. The molecule has 26 heavy (non-hydrogen) atoms. The third-order valence-corrected chi connectivity index (χ3v) is 8.86. The van der Waals surface area contributed by atoms with E-state index in [0.717, 1.165) is 4.88 Å². The third-order valence-electron chi connectivity index (χ3n) is 3.95. The Hall–Kier alpha value is -1.64. The number of hydrogen-bond donors (Lipinski definition) is 0. The van der Waals surface area contributed by atoms with Gasteiger partial charge in [0.2, 0.25) is 0 Å². The molecule has 0 fully saturated rings. The Morgan fingerprint density at radius 1 is 0.654 bits per heavy atom. The lowest BCUT2D eigenvalue weighted by atomic mass is 10.3. The highest BCUT2D eigenvalue weighted by molar-refractivity contribution is 7.28. The average molecular weight is 411 g/mol. The van der Waals surface area contributed by atoms with Crippen LogP contribution in [0.2, 0.25) is 0 Å². The Bertz CT molecular complexity index is 1070. The summed E-state index contributed by atoms with van der Waals surface area (Å²) in [5.74, 6) is 6.12. The Balaban J connectivity index is 1.57. The van der Waals surface area contributed by atoms with Crippen molar-refractivity contribution in [3.05, 3.63) is 58.3 Å². The molecule has 0 aliphatic carbocycles. The van der Waals surface area contributed by atoms with Crippen molar-refractivity contribution in [2.45, 2.75) is 26.7 Å². The summed E-state index contributed by atoms with van der Waals surface area (Å²) in [5, 5.41) is 0. The van der Waals surface area contributed by atoms with Gasteiger partial charge in [-0.05, 0) is 61.9 Å². The van der Waals surface area contributed by atoms with E-state index in [4.69, 9.17) is 0 Å². The molecule has 0 nitrogen and oxygen atoms in total. The van der Waals surface area contributed by atoms with Crippen LogP contribution in [-0.2, 0) is 6.42 Å². The molecule has 0 aliphatic heterocycles. The van der Waals surface area contributed by atoms with Crippen LogP contribution in [0, 0.1) is 11.8 Å². The van der Waals surface area contributed by atoms with Crippen molar-refractivity contribution in [2.75, 3.05) is 0 Å². The minimum absolute atomic E-state index is 1.14. The fourth-order valence-electron chi connectivity index (χ4n) is 2.76. The lowest BCUT2D eigenvalue weighted by Crippen LogP contribution is -1.71. The quantitative estimate of drug-likeness (QED) is 0.290. The van der Waals surface area contributed by atoms with Crippen molar-refractivity contribution < 1.29 is 0 Å². The van der Waals surface area contributed by atoms with Crippen LogP contribution in [0.15, 0.2) is 48.5 Å². The van der Waals surface area contributed by atoms with Gasteiger partial charge < -0.3 is 0 Å². The molecule has 0 saturated heterocycles. The van der Waals surface area contributed by atoms with E-state index in [2.05, 4.69) is 67.3 Å². The zero-order valence-corrected chi connectivity index (χ0v) is 17.9. The zero-order chi connectivity index (χ0) is 17.9. The van der Waals surface area contributed by atoms with Crippen molar-refractivity contribution in [2.24, 2.45) is 0 Å². The summed E-state index contributed by atoms with van der Waals surface area (Å²) in [6, 6.07) is 17.9. The summed E-state index contributed by atoms with van der Waals surface area (Å²) in [6.45, 7) is 4.12. The van der Waals surface area contributed by atoms with E-state index in [1.54, 1.807) is 11.3 Å². The fraction of sp³-hybridized carbons (Fsp3) is 0.182. The Morgan fingerprint density at radius 2 is 1.15 bits per heavy atom. The predicted octanol–water partition coefficient (Wildman–Crippen LogP) is 8.26. The molecular weight excluding hydrogens is 393 g/mol. The van der Waals surface area contributed by atoms with Crippen molar-refractivity contribution in [3.63, 3.8) is 0 Å². The fourth-order valence-corrected chi connectivity index (χ4v) is 7.06. The lowest BCUT2D eigenvalue weighted by Gasteiger charge is -1.92. The van der Waals surface area contributed by atoms with Gasteiger partial charge in [0.25, 0.3) is 0 Å². The zero-order valence-electron chi connectivity index (χ0n) is 14.7. The van der Waals surface area contributed by atoms with Gasteiger partial charge >= 0.3 is 0 Å². The molecular formula is C22H18S4. The molecule has 0 N–H and O–H groups in total. The normalized spacial score (nSPS) is 10.7. The van der Waals surface area contributed by atoms with E-state index in [9.17, 15) is 0 Å². The highest BCUT2D eigenvalue weighted by atomic mass is 32.1. The van der Waals surface area contributed by atoms with Gasteiger partial charge in [-0.15, -0.1) is 51.3 Å². The summed E-state index contributed by atoms with van der Waals surface area (Å²) in [5.41, 5.74) is 0. The lowest BCUT2D eigenvalue weighted by molar-refractivity contribution is 0.940. The van der Waals surface area contributed by atoms with Gasteiger partial charge in [0.15, 0.2) is 0 Å². The predicted molar refractivity (Wildman–Crippen MR) is 121 cm³/mol. The van der Waals surface area contributed by atoms with Crippen molar-refractivity contribution in [3.8, 4) is 41.1 Å². The summed E-state index contributed by atoms with van der Waals surface area (Å²) < 4.78 is 0.